The summed E-state index contributed by atoms with van der Waals surface area (Å²) in [5.41, 5.74) is 0. The van der Waals surface area contributed by atoms with Crippen molar-refractivity contribution in [1.82, 2.24) is 4.90 Å². The van der Waals surface area contributed by atoms with Gasteiger partial charge >= 0.3 is 11.9 Å². The van der Waals surface area contributed by atoms with Crippen LogP contribution in [0.1, 0.15) is 19.8 Å². The van der Waals surface area contributed by atoms with E-state index in [4.69, 9.17) is 0 Å². The topological polar surface area (TPSA) is 72.9 Å². The van der Waals surface area contributed by atoms with Gasteiger partial charge in [0.05, 0.1) is 14.2 Å². The van der Waals surface area contributed by atoms with E-state index in [1.165, 1.54) is 26.0 Å². The summed E-state index contributed by atoms with van der Waals surface area (Å²) in [6, 6.07) is -1.35. The molecule has 1 aliphatic rings. The Balaban J connectivity index is 2.89. The quantitative estimate of drug-likeness (QED) is 0.608. The first-order chi connectivity index (χ1) is 7.52. The van der Waals surface area contributed by atoms with Crippen LogP contribution in [0.4, 0.5) is 0 Å². The molecule has 1 heterocycles. The van der Waals surface area contributed by atoms with E-state index in [0.717, 1.165) is 0 Å². The number of carbonyl (C=O) groups excluding carboxylic acids is 3. The Bertz CT molecular complexity index is 290. The van der Waals surface area contributed by atoms with Crippen LogP contribution in [0.5, 0.6) is 0 Å². The molecule has 90 valence electrons. The van der Waals surface area contributed by atoms with Crippen molar-refractivity contribution >= 4 is 17.8 Å². The van der Waals surface area contributed by atoms with E-state index in [1.54, 1.807) is 0 Å². The molecule has 0 aromatic rings. The highest BCUT2D eigenvalue weighted by Gasteiger charge is 2.44. The van der Waals surface area contributed by atoms with Gasteiger partial charge in [0.15, 0.2) is 0 Å². The molecule has 0 saturated carbocycles. The van der Waals surface area contributed by atoms with Crippen LogP contribution in [0.3, 0.4) is 0 Å². The first-order valence-electron chi connectivity index (χ1n) is 4.97. The number of carbonyl (C=O) groups is 3. The van der Waals surface area contributed by atoms with Crippen molar-refractivity contribution < 1.29 is 23.9 Å². The average molecular weight is 229 g/mol. The van der Waals surface area contributed by atoms with Crippen LogP contribution in [-0.2, 0) is 23.9 Å². The molecule has 0 spiro atoms. The minimum absolute atomic E-state index is 0.330. The number of ether oxygens (including phenoxy) is 2. The average Bonchev–Trinajstić information content (AvgIpc) is 2.71. The van der Waals surface area contributed by atoms with Crippen molar-refractivity contribution in [3.8, 4) is 0 Å². The Morgan fingerprint density at radius 3 is 1.62 bits per heavy atom. The minimum atomic E-state index is -0.674. The van der Waals surface area contributed by atoms with Crippen molar-refractivity contribution in [2.24, 2.45) is 0 Å². The molecule has 2 atom stereocenters. The molecule has 6 heteroatoms. The number of rotatable bonds is 2. The molecule has 0 radical (unpaired) electrons. The Hall–Kier alpha value is -1.59. The molecule has 0 aromatic carbocycles. The number of likely N-dealkylation sites (tertiary alicyclic amines) is 1. The van der Waals surface area contributed by atoms with Crippen molar-refractivity contribution in [3.05, 3.63) is 0 Å². The molecular weight excluding hydrogens is 214 g/mol. The number of methoxy groups -OCH3 is 2. The van der Waals surface area contributed by atoms with E-state index in [0.29, 0.717) is 12.8 Å². The van der Waals surface area contributed by atoms with Crippen LogP contribution in [0, 0.1) is 0 Å². The zero-order valence-electron chi connectivity index (χ0n) is 9.56. The lowest BCUT2D eigenvalue weighted by atomic mass is 10.2. The van der Waals surface area contributed by atoms with Gasteiger partial charge in [-0.25, -0.2) is 9.59 Å². The van der Waals surface area contributed by atoms with Crippen LogP contribution in [-0.4, -0.2) is 49.0 Å². The van der Waals surface area contributed by atoms with Gasteiger partial charge in [0, 0.05) is 6.92 Å². The third-order valence-electron chi connectivity index (χ3n) is 2.70. The molecule has 6 nitrogen and oxygen atoms in total. The zero-order valence-corrected chi connectivity index (χ0v) is 9.56. The van der Waals surface area contributed by atoms with Crippen LogP contribution < -0.4 is 0 Å². The largest absolute Gasteiger partial charge is 0.467 e. The first-order valence-corrected chi connectivity index (χ1v) is 4.97. The van der Waals surface area contributed by atoms with Crippen LogP contribution >= 0.6 is 0 Å². The summed E-state index contributed by atoms with van der Waals surface area (Å²) in [5, 5.41) is 0. The summed E-state index contributed by atoms with van der Waals surface area (Å²) in [6.45, 7) is 1.32. The minimum Gasteiger partial charge on any atom is -0.467 e. The molecule has 0 aromatic heterocycles. The molecular formula is C10H15NO5. The maximum absolute atomic E-state index is 11.4. The highest BCUT2D eigenvalue weighted by molar-refractivity contribution is 5.89. The van der Waals surface area contributed by atoms with Crippen molar-refractivity contribution in [2.45, 2.75) is 31.8 Å². The Kier molecular flexibility index (Phi) is 3.87. The molecule has 0 aliphatic carbocycles. The highest BCUT2D eigenvalue weighted by Crippen LogP contribution is 2.26. The third kappa shape index (κ3) is 2.15. The van der Waals surface area contributed by atoms with Gasteiger partial charge in [-0.3, -0.25) is 4.79 Å². The van der Waals surface area contributed by atoms with Crippen LogP contribution in [0.2, 0.25) is 0 Å². The van der Waals surface area contributed by atoms with E-state index in [-0.39, 0.29) is 5.91 Å². The molecule has 0 unspecified atom stereocenters. The first kappa shape index (κ1) is 12.5. The number of hydrogen-bond donors (Lipinski definition) is 0. The number of hydrogen-bond acceptors (Lipinski definition) is 5. The second-order valence-electron chi connectivity index (χ2n) is 3.58. The lowest BCUT2D eigenvalue weighted by Gasteiger charge is -2.25. The molecule has 1 rings (SSSR count). The standard InChI is InChI=1S/C10H15NO5/c1-6(12)11-7(9(13)15-2)4-5-8(11)10(14)16-3/h7-8H,4-5H2,1-3H3/t7-,8+. The predicted molar refractivity (Wildman–Crippen MR) is 53.4 cm³/mol. The SMILES string of the molecule is COC(=O)[C@H]1CC[C@@H](C(=O)OC)N1C(C)=O. The molecule has 1 aliphatic heterocycles. The Labute approximate surface area is 93.5 Å². The van der Waals surface area contributed by atoms with Gasteiger partial charge in [0.2, 0.25) is 5.91 Å². The lowest BCUT2D eigenvalue weighted by molar-refractivity contribution is -0.157. The maximum atomic E-state index is 11.4. The molecule has 1 saturated heterocycles. The molecule has 1 amide bonds. The van der Waals surface area contributed by atoms with Gasteiger partial charge in [-0.15, -0.1) is 0 Å². The van der Waals surface area contributed by atoms with E-state index in [1.807, 2.05) is 0 Å². The smallest absolute Gasteiger partial charge is 0.328 e. The number of nitrogens with zero attached hydrogens (tertiary/aromatic N) is 1. The summed E-state index contributed by atoms with van der Waals surface area (Å²) < 4.78 is 9.18. The summed E-state index contributed by atoms with van der Waals surface area (Å²) in [4.78, 5) is 35.5. The van der Waals surface area contributed by atoms with Gasteiger partial charge < -0.3 is 14.4 Å². The molecule has 0 N–H and O–H groups in total. The van der Waals surface area contributed by atoms with Gasteiger partial charge in [0.25, 0.3) is 0 Å². The van der Waals surface area contributed by atoms with Gasteiger partial charge in [-0.05, 0) is 12.8 Å². The van der Waals surface area contributed by atoms with E-state index in [2.05, 4.69) is 9.47 Å². The zero-order chi connectivity index (χ0) is 12.3. The molecule has 16 heavy (non-hydrogen) atoms. The van der Waals surface area contributed by atoms with Crippen molar-refractivity contribution in [2.75, 3.05) is 14.2 Å². The highest BCUT2D eigenvalue weighted by atomic mass is 16.5. The second kappa shape index (κ2) is 4.96. The predicted octanol–water partition coefficient (Wildman–Crippen LogP) is -0.288. The monoisotopic (exact) mass is 229 g/mol. The fourth-order valence-electron chi connectivity index (χ4n) is 1.98. The van der Waals surface area contributed by atoms with E-state index >= 15 is 0 Å². The second-order valence-corrected chi connectivity index (χ2v) is 3.58. The molecule has 1 fully saturated rings. The number of amides is 1. The number of esters is 2. The van der Waals surface area contributed by atoms with Gasteiger partial charge in [-0.2, -0.15) is 0 Å². The van der Waals surface area contributed by atoms with Crippen LogP contribution in [0.25, 0.3) is 0 Å². The van der Waals surface area contributed by atoms with Gasteiger partial charge in [0.1, 0.15) is 12.1 Å². The van der Waals surface area contributed by atoms with Crippen LogP contribution in [0.15, 0.2) is 0 Å². The fraction of sp³-hybridized carbons (Fsp3) is 0.700. The van der Waals surface area contributed by atoms with E-state index in [9.17, 15) is 14.4 Å². The molecule has 0 bridgehead atoms. The summed E-state index contributed by atoms with van der Waals surface area (Å²) in [6.07, 6.45) is 0.845. The van der Waals surface area contributed by atoms with Crippen molar-refractivity contribution in [1.29, 1.82) is 0 Å². The summed E-state index contributed by atoms with van der Waals surface area (Å²) in [5.74, 6) is -1.33. The Morgan fingerprint density at radius 1 is 1.00 bits per heavy atom. The van der Waals surface area contributed by atoms with E-state index < -0.39 is 24.0 Å². The normalized spacial score (nSPS) is 24.1. The fourth-order valence-corrected chi connectivity index (χ4v) is 1.98. The third-order valence-corrected chi connectivity index (χ3v) is 2.70. The maximum Gasteiger partial charge on any atom is 0.328 e. The lowest BCUT2D eigenvalue weighted by Crippen LogP contribution is -2.47. The van der Waals surface area contributed by atoms with Gasteiger partial charge in [-0.1, -0.05) is 0 Å². The van der Waals surface area contributed by atoms with Crippen molar-refractivity contribution in [3.63, 3.8) is 0 Å². The summed E-state index contributed by atoms with van der Waals surface area (Å²) >= 11 is 0. The Morgan fingerprint density at radius 2 is 1.38 bits per heavy atom. The summed E-state index contributed by atoms with van der Waals surface area (Å²) in [7, 11) is 2.51.